The van der Waals surface area contributed by atoms with Gasteiger partial charge in [-0.05, 0) is 19.8 Å². The van der Waals surface area contributed by atoms with Crippen molar-refractivity contribution in [2.45, 2.75) is 38.0 Å². The first-order chi connectivity index (χ1) is 5.63. The number of ether oxygens (including phenoxy) is 1. The van der Waals surface area contributed by atoms with Crippen LogP contribution in [0.1, 0.15) is 19.8 Å². The minimum atomic E-state index is -0.411. The molecule has 1 unspecified atom stereocenters. The molecule has 1 saturated carbocycles. The lowest BCUT2D eigenvalue weighted by molar-refractivity contribution is -0.124. The molecule has 0 saturated heterocycles. The second kappa shape index (κ2) is 3.87. The highest BCUT2D eigenvalue weighted by molar-refractivity contribution is 5.81. The molecule has 1 aliphatic carbocycles. The molecule has 0 aromatic carbocycles. The van der Waals surface area contributed by atoms with Crippen LogP contribution in [-0.2, 0) is 9.53 Å². The lowest BCUT2D eigenvalue weighted by atomic mass is 9.89. The van der Waals surface area contributed by atoms with Gasteiger partial charge in [-0.25, -0.2) is 0 Å². The number of nitrogens with one attached hydrogen (secondary N) is 1. The molecule has 4 heteroatoms. The van der Waals surface area contributed by atoms with Crippen LogP contribution >= 0.6 is 0 Å². The minimum absolute atomic E-state index is 0.0745. The molecule has 1 amide bonds. The van der Waals surface area contributed by atoms with E-state index in [1.54, 1.807) is 14.0 Å². The number of hydrogen-bond acceptors (Lipinski definition) is 3. The molecule has 1 rings (SSSR count). The van der Waals surface area contributed by atoms with E-state index in [-0.39, 0.29) is 11.9 Å². The van der Waals surface area contributed by atoms with Gasteiger partial charge in [0.1, 0.15) is 0 Å². The Labute approximate surface area is 72.5 Å². The summed E-state index contributed by atoms with van der Waals surface area (Å²) in [6, 6.07) is -0.139. The third-order valence-electron chi connectivity index (χ3n) is 2.19. The van der Waals surface area contributed by atoms with E-state index >= 15 is 0 Å². The number of amides is 1. The van der Waals surface area contributed by atoms with Crippen LogP contribution in [0.3, 0.4) is 0 Å². The van der Waals surface area contributed by atoms with Crippen LogP contribution in [-0.4, -0.2) is 31.2 Å². The van der Waals surface area contributed by atoms with Crippen LogP contribution in [0.4, 0.5) is 0 Å². The Morgan fingerprint density at radius 3 is 2.67 bits per heavy atom. The molecular formula is C8H16N2O2. The SMILES string of the molecule is COC1CC(NC(=O)C(C)N)C1. The third-order valence-corrected chi connectivity index (χ3v) is 2.19. The van der Waals surface area contributed by atoms with Gasteiger partial charge in [0.2, 0.25) is 5.91 Å². The maximum Gasteiger partial charge on any atom is 0.236 e. The van der Waals surface area contributed by atoms with E-state index in [0.29, 0.717) is 6.10 Å². The molecule has 0 radical (unpaired) electrons. The quantitative estimate of drug-likeness (QED) is 0.610. The zero-order valence-corrected chi connectivity index (χ0v) is 7.54. The van der Waals surface area contributed by atoms with Crippen LogP contribution in [0.5, 0.6) is 0 Å². The molecule has 0 spiro atoms. The second-order valence-corrected chi connectivity index (χ2v) is 3.32. The van der Waals surface area contributed by atoms with E-state index in [9.17, 15) is 4.79 Å². The lowest BCUT2D eigenvalue weighted by Gasteiger charge is -2.34. The van der Waals surface area contributed by atoms with Crippen LogP contribution in [0.2, 0.25) is 0 Å². The molecule has 0 aromatic heterocycles. The molecule has 4 nitrogen and oxygen atoms in total. The number of rotatable bonds is 3. The summed E-state index contributed by atoms with van der Waals surface area (Å²) in [7, 11) is 1.69. The molecule has 0 heterocycles. The summed E-state index contributed by atoms with van der Waals surface area (Å²) < 4.78 is 5.08. The number of carbonyl (C=O) groups is 1. The highest BCUT2D eigenvalue weighted by Gasteiger charge is 2.30. The van der Waals surface area contributed by atoms with E-state index < -0.39 is 6.04 Å². The topological polar surface area (TPSA) is 64.3 Å². The summed E-state index contributed by atoms with van der Waals surface area (Å²) in [4.78, 5) is 11.1. The summed E-state index contributed by atoms with van der Waals surface area (Å²) in [5.41, 5.74) is 5.39. The number of hydrogen-bond donors (Lipinski definition) is 2. The van der Waals surface area contributed by atoms with Crippen LogP contribution in [0.15, 0.2) is 0 Å². The van der Waals surface area contributed by atoms with Crippen molar-refractivity contribution in [3.05, 3.63) is 0 Å². The van der Waals surface area contributed by atoms with Gasteiger partial charge in [-0.3, -0.25) is 4.79 Å². The third kappa shape index (κ3) is 2.19. The second-order valence-electron chi connectivity index (χ2n) is 3.32. The van der Waals surface area contributed by atoms with Gasteiger partial charge in [-0.1, -0.05) is 0 Å². The normalized spacial score (nSPS) is 30.6. The average Bonchev–Trinajstić information content (AvgIpc) is 1.94. The molecule has 3 N–H and O–H groups in total. The van der Waals surface area contributed by atoms with E-state index in [1.165, 1.54) is 0 Å². The molecule has 0 bridgehead atoms. The highest BCUT2D eigenvalue weighted by atomic mass is 16.5. The predicted octanol–water partition coefficient (Wildman–Crippen LogP) is -0.373. The van der Waals surface area contributed by atoms with Gasteiger partial charge in [0.25, 0.3) is 0 Å². The van der Waals surface area contributed by atoms with Gasteiger partial charge in [0.15, 0.2) is 0 Å². The van der Waals surface area contributed by atoms with Crippen molar-refractivity contribution in [1.82, 2.24) is 5.32 Å². The number of methoxy groups -OCH3 is 1. The van der Waals surface area contributed by atoms with Crippen molar-refractivity contribution in [1.29, 1.82) is 0 Å². The smallest absolute Gasteiger partial charge is 0.236 e. The van der Waals surface area contributed by atoms with Crippen molar-refractivity contribution >= 4 is 5.91 Å². The molecule has 1 fully saturated rings. The van der Waals surface area contributed by atoms with Crippen molar-refractivity contribution in [2.24, 2.45) is 5.73 Å². The van der Waals surface area contributed by atoms with Gasteiger partial charge in [0, 0.05) is 13.2 Å². The standard InChI is InChI=1S/C8H16N2O2/c1-5(9)8(11)10-6-3-7(4-6)12-2/h5-7H,3-4,9H2,1-2H3,(H,10,11). The number of nitrogens with two attached hydrogens (primary N) is 1. The lowest BCUT2D eigenvalue weighted by Crippen LogP contribution is -2.51. The molecule has 1 atom stereocenters. The zero-order valence-electron chi connectivity index (χ0n) is 7.54. The van der Waals surface area contributed by atoms with Crippen LogP contribution < -0.4 is 11.1 Å². The minimum Gasteiger partial charge on any atom is -0.381 e. The van der Waals surface area contributed by atoms with E-state index in [2.05, 4.69) is 5.32 Å². The van der Waals surface area contributed by atoms with E-state index in [1.807, 2.05) is 0 Å². The fraction of sp³-hybridized carbons (Fsp3) is 0.875. The Kier molecular flexibility index (Phi) is 3.05. The highest BCUT2D eigenvalue weighted by Crippen LogP contribution is 2.22. The van der Waals surface area contributed by atoms with Crippen molar-refractivity contribution in [2.75, 3.05) is 7.11 Å². The Morgan fingerprint density at radius 2 is 2.25 bits per heavy atom. The molecule has 0 aliphatic heterocycles. The first-order valence-corrected chi connectivity index (χ1v) is 4.22. The summed E-state index contributed by atoms with van der Waals surface area (Å²) in [5.74, 6) is -0.0745. The molecule has 70 valence electrons. The predicted molar refractivity (Wildman–Crippen MR) is 45.6 cm³/mol. The van der Waals surface area contributed by atoms with E-state index in [4.69, 9.17) is 10.5 Å². The molecule has 1 aliphatic rings. The summed E-state index contributed by atoms with van der Waals surface area (Å²) in [5, 5.41) is 2.84. The van der Waals surface area contributed by atoms with Crippen molar-refractivity contribution < 1.29 is 9.53 Å². The van der Waals surface area contributed by atoms with Gasteiger partial charge in [0.05, 0.1) is 12.1 Å². The monoisotopic (exact) mass is 172 g/mol. The first kappa shape index (κ1) is 9.48. The van der Waals surface area contributed by atoms with Crippen LogP contribution in [0.25, 0.3) is 0 Å². The fourth-order valence-electron chi connectivity index (χ4n) is 1.21. The molecular weight excluding hydrogens is 156 g/mol. The fourth-order valence-corrected chi connectivity index (χ4v) is 1.21. The Bertz CT molecular complexity index is 164. The number of carbonyl (C=O) groups excluding carboxylic acids is 1. The Balaban J connectivity index is 2.14. The van der Waals surface area contributed by atoms with Gasteiger partial charge in [-0.15, -0.1) is 0 Å². The van der Waals surface area contributed by atoms with Gasteiger partial charge < -0.3 is 15.8 Å². The van der Waals surface area contributed by atoms with Crippen molar-refractivity contribution in [3.63, 3.8) is 0 Å². The van der Waals surface area contributed by atoms with Crippen molar-refractivity contribution in [3.8, 4) is 0 Å². The maximum atomic E-state index is 11.1. The van der Waals surface area contributed by atoms with Crippen LogP contribution in [0, 0.1) is 0 Å². The summed E-state index contributed by atoms with van der Waals surface area (Å²) >= 11 is 0. The summed E-state index contributed by atoms with van der Waals surface area (Å²) in [6.45, 7) is 1.68. The average molecular weight is 172 g/mol. The summed E-state index contributed by atoms with van der Waals surface area (Å²) in [6.07, 6.45) is 2.15. The maximum absolute atomic E-state index is 11.1. The van der Waals surface area contributed by atoms with E-state index in [0.717, 1.165) is 12.8 Å². The van der Waals surface area contributed by atoms with Gasteiger partial charge >= 0.3 is 0 Å². The zero-order chi connectivity index (χ0) is 9.14. The molecule has 0 aromatic rings. The molecule has 12 heavy (non-hydrogen) atoms. The first-order valence-electron chi connectivity index (χ1n) is 4.22. The Hall–Kier alpha value is -0.610. The Morgan fingerprint density at radius 1 is 1.67 bits per heavy atom. The largest absolute Gasteiger partial charge is 0.381 e. The van der Waals surface area contributed by atoms with Gasteiger partial charge in [-0.2, -0.15) is 0 Å².